The summed E-state index contributed by atoms with van der Waals surface area (Å²) in [5.41, 5.74) is 5.95. The Hall–Kier alpha value is 0.210. The van der Waals surface area contributed by atoms with Crippen LogP contribution in [0.25, 0.3) is 10.8 Å². The van der Waals surface area contributed by atoms with E-state index in [4.69, 9.17) is 5.73 Å². The van der Waals surface area contributed by atoms with E-state index in [1.165, 1.54) is 25.1 Å². The van der Waals surface area contributed by atoms with Gasteiger partial charge in [0.15, 0.2) is 0 Å². The minimum Gasteiger partial charge on any atom is -0.744 e. The molecule has 0 aromatic heterocycles. The third-order valence-electron chi connectivity index (χ3n) is 2.57. The van der Waals surface area contributed by atoms with E-state index >= 15 is 0 Å². The molecule has 3 N–H and O–H groups in total. The first-order valence-electron chi connectivity index (χ1n) is 4.70. The predicted molar refractivity (Wildman–Crippen MR) is 61.6 cm³/mol. The van der Waals surface area contributed by atoms with Crippen molar-refractivity contribution in [3.05, 3.63) is 29.8 Å². The van der Waals surface area contributed by atoms with Crippen molar-refractivity contribution in [1.82, 2.24) is 0 Å². The first-order valence-corrected chi connectivity index (χ1v) is 6.11. The standard InChI is InChI=1S/C11H10NO4S.2Na/c1-6-9(17(14,15)16)5-7-3-2-4-8(12)10(7)11(6)13;;/h3-5,13H,12H2,1H3,(H,14,15,16);;/q-1;2*+1/p-1. The molecule has 19 heavy (non-hydrogen) atoms. The molecule has 90 valence electrons. The van der Waals surface area contributed by atoms with Crippen LogP contribution in [0.4, 0.5) is 5.69 Å². The fourth-order valence-electron chi connectivity index (χ4n) is 1.73. The second kappa shape index (κ2) is 6.78. The molecule has 0 bridgehead atoms. The van der Waals surface area contributed by atoms with Crippen LogP contribution in [-0.2, 0) is 10.1 Å². The van der Waals surface area contributed by atoms with Gasteiger partial charge in [-0.3, -0.25) is 0 Å². The molecule has 0 aliphatic carbocycles. The summed E-state index contributed by atoms with van der Waals surface area (Å²) in [6, 6.07) is 6.81. The van der Waals surface area contributed by atoms with E-state index in [0.717, 1.165) is 0 Å². The van der Waals surface area contributed by atoms with E-state index in [2.05, 4.69) is 6.07 Å². The first-order chi connectivity index (χ1) is 7.82. The summed E-state index contributed by atoms with van der Waals surface area (Å²) in [4.78, 5) is -0.443. The van der Waals surface area contributed by atoms with Crippen molar-refractivity contribution < 1.29 is 77.2 Å². The first kappa shape index (κ1) is 19.2. The van der Waals surface area contributed by atoms with E-state index < -0.39 is 15.0 Å². The molecule has 0 unspecified atom stereocenters. The van der Waals surface area contributed by atoms with Gasteiger partial charge in [-0.2, -0.15) is 18.2 Å². The Morgan fingerprint density at radius 3 is 2.42 bits per heavy atom. The fourth-order valence-corrected chi connectivity index (χ4v) is 2.48. The van der Waals surface area contributed by atoms with E-state index in [1.54, 1.807) is 0 Å². The fraction of sp³-hybridized carbons (Fsp3) is 0.0909. The molecule has 0 spiro atoms. The van der Waals surface area contributed by atoms with Crippen LogP contribution >= 0.6 is 0 Å². The van der Waals surface area contributed by atoms with Crippen LogP contribution in [-0.4, -0.2) is 18.1 Å². The minimum absolute atomic E-state index is 0. The summed E-state index contributed by atoms with van der Waals surface area (Å²) < 4.78 is 33.1. The van der Waals surface area contributed by atoms with Gasteiger partial charge in [0.1, 0.15) is 15.9 Å². The number of phenolic OH excluding ortho intramolecular Hbond substituents is 1. The van der Waals surface area contributed by atoms with Gasteiger partial charge in [-0.1, -0.05) is 17.1 Å². The van der Waals surface area contributed by atoms with Gasteiger partial charge in [-0.05, 0) is 6.92 Å². The van der Waals surface area contributed by atoms with E-state index in [9.17, 15) is 18.1 Å². The van der Waals surface area contributed by atoms with Crippen molar-refractivity contribution >= 4 is 26.6 Å². The Labute approximate surface area is 155 Å². The molecule has 2 aromatic rings. The SMILES string of the molecule is Cc1c(S(=O)(=O)[O-])cc2c[c-]cc(N)c2c1O.[Na+].[Na+]. The third kappa shape index (κ3) is 3.65. The normalized spacial score (nSPS) is 10.6. The van der Waals surface area contributed by atoms with Gasteiger partial charge in [-0.25, -0.2) is 8.42 Å². The van der Waals surface area contributed by atoms with E-state index in [0.29, 0.717) is 10.8 Å². The molecule has 0 saturated carbocycles. The van der Waals surface area contributed by atoms with Gasteiger partial charge in [0.05, 0.1) is 0 Å². The number of hydrogen-bond donors (Lipinski definition) is 2. The smallest absolute Gasteiger partial charge is 0.744 e. The molecule has 0 aliphatic rings. The van der Waals surface area contributed by atoms with Crippen molar-refractivity contribution in [3.8, 4) is 5.75 Å². The minimum atomic E-state index is -4.63. The summed E-state index contributed by atoms with van der Waals surface area (Å²) in [6.07, 6.45) is 0. The number of aromatic hydroxyl groups is 1. The van der Waals surface area contributed by atoms with Crippen LogP contribution in [0, 0.1) is 13.0 Å². The average molecular weight is 297 g/mol. The zero-order chi connectivity index (χ0) is 12.8. The largest absolute Gasteiger partial charge is 1.00 e. The van der Waals surface area contributed by atoms with Crippen LogP contribution in [0.5, 0.6) is 5.75 Å². The summed E-state index contributed by atoms with van der Waals surface area (Å²) in [5.74, 6) is -0.288. The molecule has 0 atom stereocenters. The van der Waals surface area contributed by atoms with Crippen LogP contribution < -0.4 is 64.8 Å². The monoisotopic (exact) mass is 297 g/mol. The number of rotatable bonds is 1. The van der Waals surface area contributed by atoms with Crippen molar-refractivity contribution in [2.45, 2.75) is 11.8 Å². The Morgan fingerprint density at radius 1 is 1.32 bits per heavy atom. The zero-order valence-electron chi connectivity index (χ0n) is 10.9. The Balaban J connectivity index is 0.00000162. The van der Waals surface area contributed by atoms with Gasteiger partial charge < -0.3 is 15.4 Å². The molecule has 0 fully saturated rings. The quantitative estimate of drug-likeness (QED) is 0.238. The molecular weight excluding hydrogens is 288 g/mol. The molecule has 8 heteroatoms. The summed E-state index contributed by atoms with van der Waals surface area (Å²) in [7, 11) is -4.63. The van der Waals surface area contributed by atoms with Crippen molar-refractivity contribution in [2.24, 2.45) is 0 Å². The molecule has 0 heterocycles. The molecule has 2 aromatic carbocycles. The van der Waals surface area contributed by atoms with Crippen LogP contribution in [0.3, 0.4) is 0 Å². The molecular formula is C11H9NNa2O4S. The van der Waals surface area contributed by atoms with Gasteiger partial charge in [0.2, 0.25) is 0 Å². The average Bonchev–Trinajstić information content (AvgIpc) is 2.21. The number of fused-ring (bicyclic) bond motifs is 1. The van der Waals surface area contributed by atoms with Gasteiger partial charge in [0, 0.05) is 10.5 Å². The zero-order valence-corrected chi connectivity index (χ0v) is 15.7. The number of nitrogens with two attached hydrogens (primary N) is 1. The van der Waals surface area contributed by atoms with Gasteiger partial charge >= 0.3 is 59.1 Å². The topological polar surface area (TPSA) is 103 Å². The molecule has 0 aliphatic heterocycles. The maximum absolute atomic E-state index is 11.0. The van der Waals surface area contributed by atoms with Gasteiger partial charge in [-0.15, -0.1) is 5.39 Å². The third-order valence-corrected chi connectivity index (χ3v) is 3.54. The number of anilines is 1. The number of hydrogen-bond acceptors (Lipinski definition) is 5. The summed E-state index contributed by atoms with van der Waals surface area (Å²) >= 11 is 0. The van der Waals surface area contributed by atoms with Crippen LogP contribution in [0.1, 0.15) is 5.56 Å². The molecule has 0 radical (unpaired) electrons. The van der Waals surface area contributed by atoms with Crippen LogP contribution in [0.2, 0.25) is 0 Å². The van der Waals surface area contributed by atoms with Crippen molar-refractivity contribution in [1.29, 1.82) is 0 Å². The second-order valence-electron chi connectivity index (χ2n) is 3.68. The predicted octanol–water partition coefficient (Wildman–Crippen LogP) is -4.85. The maximum Gasteiger partial charge on any atom is 1.00 e. The maximum atomic E-state index is 11.0. The summed E-state index contributed by atoms with van der Waals surface area (Å²) in [6.45, 7) is 1.36. The van der Waals surface area contributed by atoms with Crippen molar-refractivity contribution in [2.75, 3.05) is 5.73 Å². The molecule has 5 nitrogen and oxygen atoms in total. The molecule has 0 amide bonds. The summed E-state index contributed by atoms with van der Waals surface area (Å²) in [5, 5.41) is 10.6. The second-order valence-corrected chi connectivity index (χ2v) is 5.03. The van der Waals surface area contributed by atoms with E-state index in [-0.39, 0.29) is 76.1 Å². The van der Waals surface area contributed by atoms with Gasteiger partial charge in [0.25, 0.3) is 0 Å². The number of phenols is 1. The van der Waals surface area contributed by atoms with Crippen LogP contribution in [0.15, 0.2) is 23.1 Å². The van der Waals surface area contributed by atoms with E-state index in [1.807, 2.05) is 0 Å². The number of nitrogen functional groups attached to an aromatic ring is 1. The Kier molecular flexibility index (Phi) is 6.85. The Bertz CT molecular complexity index is 716. The Morgan fingerprint density at radius 2 is 1.89 bits per heavy atom. The van der Waals surface area contributed by atoms with Crippen molar-refractivity contribution in [3.63, 3.8) is 0 Å². The molecule has 0 saturated heterocycles. The molecule has 2 rings (SSSR count). The number of benzene rings is 2.